The number of thiazole rings is 1. The summed E-state index contributed by atoms with van der Waals surface area (Å²) in [6, 6.07) is 7.04. The highest BCUT2D eigenvalue weighted by Crippen LogP contribution is 2.21. The first kappa shape index (κ1) is 20.8. The van der Waals surface area contributed by atoms with Crippen LogP contribution >= 0.6 is 11.3 Å². The Kier molecular flexibility index (Phi) is 6.86. The quantitative estimate of drug-likeness (QED) is 0.730. The third kappa shape index (κ3) is 6.95. The van der Waals surface area contributed by atoms with E-state index in [1.807, 2.05) is 24.3 Å². The average molecular weight is 393 g/mol. The van der Waals surface area contributed by atoms with Crippen LogP contribution in [0.3, 0.4) is 0 Å². The SMILES string of the molecule is C[C@H](OC(=O)COCc1nc2ccccc2s1)C(=O)NC(=O)NC(C)(C)C. The van der Waals surface area contributed by atoms with E-state index in [0.29, 0.717) is 0 Å². The molecule has 0 aliphatic carbocycles. The summed E-state index contributed by atoms with van der Waals surface area (Å²) in [5, 5.41) is 5.45. The standard InChI is InChI=1S/C18H23N3O5S/c1-11(16(23)20-17(24)21-18(2,3)4)26-15(22)10-25-9-14-19-12-7-5-6-8-13(12)27-14/h5-8,11H,9-10H2,1-4H3,(H2,20,21,23,24)/t11-/m0/s1. The van der Waals surface area contributed by atoms with Crippen LogP contribution in [-0.4, -0.2) is 41.1 Å². The van der Waals surface area contributed by atoms with E-state index in [2.05, 4.69) is 15.6 Å². The largest absolute Gasteiger partial charge is 0.451 e. The fraction of sp³-hybridized carbons (Fsp3) is 0.444. The highest BCUT2D eigenvalue weighted by Gasteiger charge is 2.22. The summed E-state index contributed by atoms with van der Waals surface area (Å²) in [4.78, 5) is 39.7. The Labute approximate surface area is 161 Å². The molecule has 0 bridgehead atoms. The van der Waals surface area contributed by atoms with Crippen LogP contribution in [0.25, 0.3) is 10.2 Å². The molecule has 1 heterocycles. The molecule has 0 saturated heterocycles. The minimum atomic E-state index is -1.12. The van der Waals surface area contributed by atoms with Crippen molar-refractivity contribution in [3.63, 3.8) is 0 Å². The average Bonchev–Trinajstić information content (AvgIpc) is 2.95. The molecule has 146 valence electrons. The number of hydrogen-bond acceptors (Lipinski definition) is 7. The fourth-order valence-corrected chi connectivity index (χ4v) is 2.98. The zero-order chi connectivity index (χ0) is 20.0. The van der Waals surface area contributed by atoms with Gasteiger partial charge in [0.25, 0.3) is 5.91 Å². The van der Waals surface area contributed by atoms with Gasteiger partial charge in [0, 0.05) is 5.54 Å². The number of nitrogens with one attached hydrogen (secondary N) is 2. The Morgan fingerprint density at radius 1 is 1.22 bits per heavy atom. The lowest BCUT2D eigenvalue weighted by Gasteiger charge is -2.21. The molecule has 1 aromatic heterocycles. The van der Waals surface area contributed by atoms with Crippen LogP contribution in [0.4, 0.5) is 4.79 Å². The molecule has 2 aromatic rings. The van der Waals surface area contributed by atoms with Gasteiger partial charge in [-0.2, -0.15) is 0 Å². The second-order valence-electron chi connectivity index (χ2n) is 6.89. The van der Waals surface area contributed by atoms with Crippen molar-refractivity contribution in [3.05, 3.63) is 29.3 Å². The monoisotopic (exact) mass is 393 g/mol. The molecule has 3 amide bonds. The molecule has 2 N–H and O–H groups in total. The number of hydrogen-bond donors (Lipinski definition) is 2. The summed E-state index contributed by atoms with van der Waals surface area (Å²) < 4.78 is 11.3. The number of nitrogens with zero attached hydrogens (tertiary/aromatic N) is 1. The highest BCUT2D eigenvalue weighted by molar-refractivity contribution is 7.18. The smallest absolute Gasteiger partial charge is 0.332 e. The van der Waals surface area contributed by atoms with Gasteiger partial charge in [0.2, 0.25) is 0 Å². The first-order chi connectivity index (χ1) is 12.6. The molecule has 0 aliphatic rings. The number of esters is 1. The summed E-state index contributed by atoms with van der Waals surface area (Å²) >= 11 is 1.48. The Morgan fingerprint density at radius 2 is 1.93 bits per heavy atom. The second-order valence-corrected chi connectivity index (χ2v) is 8.01. The highest BCUT2D eigenvalue weighted by atomic mass is 32.1. The molecule has 0 saturated carbocycles. The Bertz CT molecular complexity index is 795. The van der Waals surface area contributed by atoms with Gasteiger partial charge in [0.05, 0.1) is 16.8 Å². The normalized spacial score (nSPS) is 12.4. The number of ether oxygens (including phenoxy) is 2. The van der Waals surface area contributed by atoms with Crippen LogP contribution in [0.5, 0.6) is 0 Å². The number of imide groups is 1. The molecule has 0 fully saturated rings. The number of rotatable bonds is 6. The van der Waals surface area contributed by atoms with Crippen LogP contribution in [0.1, 0.15) is 32.7 Å². The van der Waals surface area contributed by atoms with Crippen molar-refractivity contribution in [3.8, 4) is 0 Å². The van der Waals surface area contributed by atoms with Crippen molar-refractivity contribution in [1.29, 1.82) is 0 Å². The van der Waals surface area contributed by atoms with E-state index in [-0.39, 0.29) is 13.2 Å². The van der Waals surface area contributed by atoms with E-state index in [9.17, 15) is 14.4 Å². The van der Waals surface area contributed by atoms with Crippen molar-refractivity contribution in [2.24, 2.45) is 0 Å². The lowest BCUT2D eigenvalue weighted by Crippen LogP contribution is -2.50. The van der Waals surface area contributed by atoms with Crippen molar-refractivity contribution in [1.82, 2.24) is 15.6 Å². The van der Waals surface area contributed by atoms with E-state index >= 15 is 0 Å². The van der Waals surface area contributed by atoms with Crippen molar-refractivity contribution in [2.75, 3.05) is 6.61 Å². The predicted molar refractivity (Wildman–Crippen MR) is 101 cm³/mol. The summed E-state index contributed by atoms with van der Waals surface area (Å²) in [5.74, 6) is -1.41. The Hall–Kier alpha value is -2.52. The number of urea groups is 1. The summed E-state index contributed by atoms with van der Waals surface area (Å²) in [6.45, 7) is 6.58. The van der Waals surface area contributed by atoms with Crippen LogP contribution in [0.15, 0.2) is 24.3 Å². The van der Waals surface area contributed by atoms with Gasteiger partial charge in [-0.05, 0) is 39.8 Å². The maximum absolute atomic E-state index is 11.9. The van der Waals surface area contributed by atoms with E-state index in [1.54, 1.807) is 20.8 Å². The number of aromatic nitrogens is 1. The summed E-state index contributed by atoms with van der Waals surface area (Å²) in [5.41, 5.74) is 0.390. The second kappa shape index (κ2) is 8.92. The topological polar surface area (TPSA) is 107 Å². The number of para-hydroxylation sites is 1. The molecule has 1 aromatic carbocycles. The zero-order valence-electron chi connectivity index (χ0n) is 15.7. The lowest BCUT2D eigenvalue weighted by molar-refractivity contribution is -0.159. The van der Waals surface area contributed by atoms with Gasteiger partial charge in [-0.3, -0.25) is 10.1 Å². The van der Waals surface area contributed by atoms with E-state index < -0.39 is 29.6 Å². The molecule has 8 nitrogen and oxygen atoms in total. The molecule has 0 radical (unpaired) electrons. The fourth-order valence-electron chi connectivity index (χ4n) is 2.07. The molecule has 27 heavy (non-hydrogen) atoms. The van der Waals surface area contributed by atoms with Crippen LogP contribution < -0.4 is 10.6 Å². The molecule has 9 heteroatoms. The molecular formula is C18H23N3O5S. The number of carbonyl (C=O) groups excluding carboxylic acids is 3. The molecule has 1 atom stereocenters. The molecule has 2 rings (SSSR count). The third-order valence-electron chi connectivity index (χ3n) is 3.19. The molecule has 0 spiro atoms. The van der Waals surface area contributed by atoms with Crippen LogP contribution in [0.2, 0.25) is 0 Å². The molecule has 0 unspecified atom stereocenters. The van der Waals surface area contributed by atoms with Crippen LogP contribution in [0, 0.1) is 0 Å². The van der Waals surface area contributed by atoms with Crippen molar-refractivity contribution >= 4 is 39.5 Å². The maximum atomic E-state index is 11.9. The van der Waals surface area contributed by atoms with Gasteiger partial charge in [-0.15, -0.1) is 11.3 Å². The van der Waals surface area contributed by atoms with E-state index in [0.717, 1.165) is 15.2 Å². The Morgan fingerprint density at radius 3 is 2.59 bits per heavy atom. The number of amides is 3. The van der Waals surface area contributed by atoms with E-state index in [4.69, 9.17) is 9.47 Å². The molecule has 0 aliphatic heterocycles. The van der Waals surface area contributed by atoms with Gasteiger partial charge >= 0.3 is 12.0 Å². The van der Waals surface area contributed by atoms with Gasteiger partial charge in [0.1, 0.15) is 11.6 Å². The summed E-state index contributed by atoms with van der Waals surface area (Å²) in [6.07, 6.45) is -1.12. The maximum Gasteiger partial charge on any atom is 0.332 e. The third-order valence-corrected chi connectivity index (χ3v) is 4.20. The number of benzene rings is 1. The predicted octanol–water partition coefficient (Wildman–Crippen LogP) is 2.37. The molecular weight excluding hydrogens is 370 g/mol. The van der Waals surface area contributed by atoms with E-state index in [1.165, 1.54) is 18.3 Å². The minimum absolute atomic E-state index is 0.170. The van der Waals surface area contributed by atoms with Gasteiger partial charge in [-0.25, -0.2) is 14.6 Å². The first-order valence-corrected chi connectivity index (χ1v) is 9.20. The Balaban J connectivity index is 1.72. The van der Waals surface area contributed by atoms with Gasteiger partial charge in [-0.1, -0.05) is 12.1 Å². The van der Waals surface area contributed by atoms with Crippen molar-refractivity contribution in [2.45, 2.75) is 45.9 Å². The minimum Gasteiger partial charge on any atom is -0.451 e. The lowest BCUT2D eigenvalue weighted by atomic mass is 10.1. The summed E-state index contributed by atoms with van der Waals surface area (Å²) in [7, 11) is 0. The first-order valence-electron chi connectivity index (χ1n) is 8.39. The van der Waals surface area contributed by atoms with Gasteiger partial charge < -0.3 is 14.8 Å². The number of carbonyl (C=O) groups is 3. The zero-order valence-corrected chi connectivity index (χ0v) is 16.5. The van der Waals surface area contributed by atoms with Crippen LogP contribution in [-0.2, 0) is 25.7 Å². The van der Waals surface area contributed by atoms with Crippen molar-refractivity contribution < 1.29 is 23.9 Å². The van der Waals surface area contributed by atoms with Gasteiger partial charge in [0.15, 0.2) is 6.10 Å². The number of fused-ring (bicyclic) bond motifs is 1.